The van der Waals surface area contributed by atoms with Crippen LogP contribution in [0.4, 0.5) is 4.79 Å². The average molecular weight is 394 g/mol. The zero-order valence-corrected chi connectivity index (χ0v) is 19.5. The fourth-order valence-electron chi connectivity index (χ4n) is 5.36. The van der Waals surface area contributed by atoms with E-state index < -0.39 is 0 Å². The second-order valence-electron chi connectivity index (χ2n) is 9.76. The van der Waals surface area contributed by atoms with Crippen LogP contribution < -0.4 is 0 Å². The fourth-order valence-corrected chi connectivity index (χ4v) is 5.36. The Morgan fingerprint density at radius 1 is 0.750 bits per heavy atom. The van der Waals surface area contributed by atoms with Crippen LogP contribution >= 0.6 is 0 Å². The lowest BCUT2D eigenvalue weighted by Crippen LogP contribution is -2.49. The minimum absolute atomic E-state index is 0.325. The third kappa shape index (κ3) is 7.24. The Balaban J connectivity index is 0.00000136. The molecular formula is C24H47N3O. The van der Waals surface area contributed by atoms with Gasteiger partial charge in [0.25, 0.3) is 0 Å². The SMILES string of the molecule is CC.CC(C)CC1CCN(C(=O)N2CCC(CC3CCN(C)CC3)CC2)CC1. The minimum Gasteiger partial charge on any atom is -0.325 e. The van der Waals surface area contributed by atoms with Crippen LogP contribution in [0.3, 0.4) is 0 Å². The third-order valence-electron chi connectivity index (χ3n) is 7.08. The van der Waals surface area contributed by atoms with Crippen molar-refractivity contribution in [2.75, 3.05) is 46.3 Å². The standard InChI is InChI=1S/C22H41N3O.C2H6/c1-18(2)16-19-6-12-24(13-7-19)22(26)25-14-8-21(9-15-25)17-20-4-10-23(3)11-5-20;1-2/h18-21H,4-17H2,1-3H3;1-2H3. The van der Waals surface area contributed by atoms with Crippen LogP contribution in [0.5, 0.6) is 0 Å². The highest BCUT2D eigenvalue weighted by Gasteiger charge is 2.30. The maximum Gasteiger partial charge on any atom is 0.319 e. The van der Waals surface area contributed by atoms with E-state index in [0.29, 0.717) is 6.03 Å². The largest absolute Gasteiger partial charge is 0.325 e. The first-order valence-electron chi connectivity index (χ1n) is 12.2. The van der Waals surface area contributed by atoms with Crippen molar-refractivity contribution in [2.24, 2.45) is 23.7 Å². The first kappa shape index (κ1) is 23.5. The lowest BCUT2D eigenvalue weighted by atomic mass is 9.83. The molecule has 0 aromatic heterocycles. The molecule has 0 spiro atoms. The van der Waals surface area contributed by atoms with E-state index in [1.165, 1.54) is 64.5 Å². The molecule has 3 aliphatic heterocycles. The van der Waals surface area contributed by atoms with E-state index in [2.05, 4.69) is 35.6 Å². The number of piperidine rings is 3. The van der Waals surface area contributed by atoms with Gasteiger partial charge in [-0.15, -0.1) is 0 Å². The van der Waals surface area contributed by atoms with Gasteiger partial charge in [0.2, 0.25) is 0 Å². The van der Waals surface area contributed by atoms with Gasteiger partial charge in [-0.1, -0.05) is 27.7 Å². The van der Waals surface area contributed by atoms with Crippen LogP contribution in [0.1, 0.15) is 79.1 Å². The number of urea groups is 1. The Hall–Kier alpha value is -0.770. The number of carbonyl (C=O) groups is 1. The molecule has 0 radical (unpaired) electrons. The first-order valence-corrected chi connectivity index (χ1v) is 12.2. The van der Waals surface area contributed by atoms with Crippen molar-refractivity contribution >= 4 is 6.03 Å². The molecule has 0 unspecified atom stereocenters. The van der Waals surface area contributed by atoms with Crippen molar-refractivity contribution in [1.82, 2.24) is 14.7 Å². The second-order valence-corrected chi connectivity index (χ2v) is 9.76. The molecule has 0 atom stereocenters. The van der Waals surface area contributed by atoms with Gasteiger partial charge >= 0.3 is 6.03 Å². The first-order chi connectivity index (χ1) is 13.5. The van der Waals surface area contributed by atoms with Gasteiger partial charge in [0.15, 0.2) is 0 Å². The third-order valence-corrected chi connectivity index (χ3v) is 7.08. The van der Waals surface area contributed by atoms with Crippen molar-refractivity contribution in [3.63, 3.8) is 0 Å². The van der Waals surface area contributed by atoms with Crippen LogP contribution in [-0.4, -0.2) is 67.0 Å². The monoisotopic (exact) mass is 393 g/mol. The highest BCUT2D eigenvalue weighted by atomic mass is 16.2. The quantitative estimate of drug-likeness (QED) is 0.645. The normalized spacial score (nSPS) is 23.6. The topological polar surface area (TPSA) is 26.8 Å². The highest BCUT2D eigenvalue weighted by molar-refractivity contribution is 5.74. The van der Waals surface area contributed by atoms with Crippen molar-refractivity contribution in [3.05, 3.63) is 0 Å². The summed E-state index contributed by atoms with van der Waals surface area (Å²) in [7, 11) is 2.24. The molecule has 164 valence electrons. The molecule has 0 bridgehead atoms. The van der Waals surface area contributed by atoms with E-state index in [0.717, 1.165) is 49.9 Å². The number of carbonyl (C=O) groups excluding carboxylic acids is 1. The van der Waals surface area contributed by atoms with Gasteiger partial charge in [0.1, 0.15) is 0 Å². The van der Waals surface area contributed by atoms with Gasteiger partial charge in [-0.25, -0.2) is 4.79 Å². The molecule has 3 heterocycles. The van der Waals surface area contributed by atoms with Gasteiger partial charge in [0.05, 0.1) is 0 Å². The van der Waals surface area contributed by atoms with Gasteiger partial charge < -0.3 is 14.7 Å². The average Bonchev–Trinajstić information content (AvgIpc) is 2.71. The van der Waals surface area contributed by atoms with E-state index in [1.807, 2.05) is 13.8 Å². The molecule has 0 saturated carbocycles. The molecule has 0 aliphatic carbocycles. The summed E-state index contributed by atoms with van der Waals surface area (Å²) in [6.07, 6.45) is 10.3. The molecule has 28 heavy (non-hydrogen) atoms. The van der Waals surface area contributed by atoms with Crippen LogP contribution in [-0.2, 0) is 0 Å². The van der Waals surface area contributed by atoms with E-state index in [-0.39, 0.29) is 0 Å². The zero-order chi connectivity index (χ0) is 20.5. The number of amides is 2. The molecule has 4 heteroatoms. The molecule has 0 N–H and O–H groups in total. The van der Waals surface area contributed by atoms with E-state index >= 15 is 0 Å². The lowest BCUT2D eigenvalue weighted by Gasteiger charge is -2.40. The Kier molecular flexibility index (Phi) is 10.1. The molecule has 3 aliphatic rings. The summed E-state index contributed by atoms with van der Waals surface area (Å²) in [5, 5.41) is 0. The Morgan fingerprint density at radius 3 is 1.57 bits per heavy atom. The molecule has 3 rings (SSSR count). The summed E-state index contributed by atoms with van der Waals surface area (Å²) >= 11 is 0. The highest BCUT2D eigenvalue weighted by Crippen LogP contribution is 2.30. The summed E-state index contributed by atoms with van der Waals surface area (Å²) in [6, 6.07) is 0.325. The number of hydrogen-bond acceptors (Lipinski definition) is 2. The van der Waals surface area contributed by atoms with Crippen LogP contribution in [0.2, 0.25) is 0 Å². The zero-order valence-electron chi connectivity index (χ0n) is 19.5. The van der Waals surface area contributed by atoms with Gasteiger partial charge in [-0.2, -0.15) is 0 Å². The maximum absolute atomic E-state index is 12.9. The maximum atomic E-state index is 12.9. The smallest absolute Gasteiger partial charge is 0.319 e. The number of nitrogens with zero attached hydrogens (tertiary/aromatic N) is 3. The van der Waals surface area contributed by atoms with Crippen molar-refractivity contribution in [3.8, 4) is 0 Å². The Labute approximate surface area is 175 Å². The second kappa shape index (κ2) is 12.0. The van der Waals surface area contributed by atoms with Gasteiger partial charge in [-0.05, 0) is 95.2 Å². The number of hydrogen-bond donors (Lipinski definition) is 0. The van der Waals surface area contributed by atoms with Crippen LogP contribution in [0.15, 0.2) is 0 Å². The minimum atomic E-state index is 0.325. The summed E-state index contributed by atoms with van der Waals surface area (Å²) in [4.78, 5) is 19.6. The molecule has 0 aromatic rings. The van der Waals surface area contributed by atoms with E-state index in [4.69, 9.17) is 0 Å². The Bertz CT molecular complexity index is 429. The predicted molar refractivity (Wildman–Crippen MR) is 120 cm³/mol. The molecule has 0 aromatic carbocycles. The van der Waals surface area contributed by atoms with Crippen molar-refractivity contribution < 1.29 is 4.79 Å². The van der Waals surface area contributed by atoms with Crippen molar-refractivity contribution in [2.45, 2.75) is 79.1 Å². The number of likely N-dealkylation sites (tertiary alicyclic amines) is 3. The van der Waals surface area contributed by atoms with Gasteiger partial charge in [-0.3, -0.25) is 0 Å². The summed E-state index contributed by atoms with van der Waals surface area (Å²) in [5.74, 6) is 3.40. The van der Waals surface area contributed by atoms with Gasteiger partial charge in [0, 0.05) is 26.2 Å². The van der Waals surface area contributed by atoms with Crippen LogP contribution in [0, 0.1) is 23.7 Å². The fraction of sp³-hybridized carbons (Fsp3) is 0.958. The Morgan fingerprint density at radius 2 is 1.14 bits per heavy atom. The molecule has 2 amide bonds. The van der Waals surface area contributed by atoms with Crippen molar-refractivity contribution in [1.29, 1.82) is 0 Å². The summed E-state index contributed by atoms with van der Waals surface area (Å²) in [5.41, 5.74) is 0. The molecule has 3 fully saturated rings. The molecular weight excluding hydrogens is 346 g/mol. The molecule has 3 saturated heterocycles. The summed E-state index contributed by atoms with van der Waals surface area (Å²) in [6.45, 7) is 15.1. The predicted octanol–water partition coefficient (Wildman–Crippen LogP) is 5.33. The molecule has 4 nitrogen and oxygen atoms in total. The summed E-state index contributed by atoms with van der Waals surface area (Å²) < 4.78 is 0. The van der Waals surface area contributed by atoms with E-state index in [9.17, 15) is 4.79 Å². The lowest BCUT2D eigenvalue weighted by molar-refractivity contribution is 0.106. The van der Waals surface area contributed by atoms with Crippen LogP contribution in [0.25, 0.3) is 0 Å². The van der Waals surface area contributed by atoms with E-state index in [1.54, 1.807) is 0 Å². The number of rotatable bonds is 4.